The molecule has 1 aromatic carbocycles. The van der Waals surface area contributed by atoms with E-state index in [1.807, 2.05) is 13.0 Å². The molecular weight excluding hydrogens is 160 g/mol. The second-order valence-electron chi connectivity index (χ2n) is 2.97. The lowest BCUT2D eigenvalue weighted by Crippen LogP contribution is -1.98. The van der Waals surface area contributed by atoms with Gasteiger partial charge in [-0.2, -0.15) is 0 Å². The van der Waals surface area contributed by atoms with Gasteiger partial charge in [-0.15, -0.1) is 0 Å². The number of benzene rings is 1. The fourth-order valence-electron chi connectivity index (χ4n) is 1.25. The molecule has 1 aromatic rings. The molecule has 0 aromatic heterocycles. The highest BCUT2D eigenvalue weighted by molar-refractivity contribution is 5.47. The zero-order valence-corrected chi connectivity index (χ0v) is 8.29. The normalized spacial score (nSPS) is 12.5. The average Bonchev–Trinajstić information content (AvgIpc) is 2.18. The van der Waals surface area contributed by atoms with Crippen LogP contribution in [0.5, 0.6) is 0 Å². The van der Waals surface area contributed by atoms with Crippen molar-refractivity contribution in [1.29, 1.82) is 0 Å². The van der Waals surface area contributed by atoms with Gasteiger partial charge in [0.1, 0.15) is 0 Å². The van der Waals surface area contributed by atoms with Crippen LogP contribution in [0, 0.1) is 0 Å². The van der Waals surface area contributed by atoms with E-state index in [-0.39, 0.29) is 6.10 Å². The van der Waals surface area contributed by atoms with E-state index in [0.29, 0.717) is 0 Å². The van der Waals surface area contributed by atoms with Gasteiger partial charge in [0, 0.05) is 6.61 Å². The van der Waals surface area contributed by atoms with Crippen LogP contribution in [0.2, 0.25) is 0 Å². The van der Waals surface area contributed by atoms with E-state index in [1.54, 1.807) is 0 Å². The molecule has 1 unspecified atom stereocenters. The molecule has 0 saturated carbocycles. The lowest BCUT2D eigenvalue weighted by molar-refractivity contribution is 0.0764. The molecule has 0 aliphatic heterocycles. The van der Waals surface area contributed by atoms with E-state index in [1.165, 1.54) is 5.56 Å². The molecule has 0 fully saturated rings. The quantitative estimate of drug-likeness (QED) is 0.683. The van der Waals surface area contributed by atoms with Crippen molar-refractivity contribution in [2.75, 3.05) is 6.61 Å². The molecule has 1 heteroatoms. The third-order valence-corrected chi connectivity index (χ3v) is 2.06. The van der Waals surface area contributed by atoms with Gasteiger partial charge in [-0.25, -0.2) is 0 Å². The predicted octanol–water partition coefficient (Wildman–Crippen LogP) is 3.43. The van der Waals surface area contributed by atoms with Crippen molar-refractivity contribution in [2.24, 2.45) is 0 Å². The molecule has 1 nitrogen and oxygen atoms in total. The highest BCUT2D eigenvalue weighted by Crippen LogP contribution is 2.17. The third kappa shape index (κ3) is 2.71. The molecule has 0 aliphatic rings. The average molecular weight is 176 g/mol. The first kappa shape index (κ1) is 10.0. The van der Waals surface area contributed by atoms with Gasteiger partial charge in [-0.05, 0) is 25.0 Å². The minimum absolute atomic E-state index is 0.184. The fraction of sp³-hybridized carbons (Fsp3) is 0.333. The SMILES string of the molecule is C=Cc1ccc(C(C)OCC)cc1. The van der Waals surface area contributed by atoms with E-state index >= 15 is 0 Å². The molecule has 1 atom stereocenters. The molecule has 0 N–H and O–H groups in total. The standard InChI is InChI=1S/C12H16O/c1-4-11-6-8-12(9-7-11)10(3)13-5-2/h4,6-10H,1,5H2,2-3H3. The van der Waals surface area contributed by atoms with Gasteiger partial charge in [0.15, 0.2) is 0 Å². The van der Waals surface area contributed by atoms with Gasteiger partial charge in [-0.1, -0.05) is 36.9 Å². The van der Waals surface area contributed by atoms with E-state index < -0.39 is 0 Å². The molecule has 0 heterocycles. The maximum absolute atomic E-state index is 5.48. The lowest BCUT2D eigenvalue weighted by atomic mass is 10.1. The van der Waals surface area contributed by atoms with Crippen LogP contribution in [0.15, 0.2) is 30.8 Å². The van der Waals surface area contributed by atoms with Crippen molar-refractivity contribution >= 4 is 6.08 Å². The number of hydrogen-bond donors (Lipinski definition) is 0. The number of rotatable bonds is 4. The Morgan fingerprint density at radius 2 is 2.00 bits per heavy atom. The fourth-order valence-corrected chi connectivity index (χ4v) is 1.25. The number of ether oxygens (including phenoxy) is 1. The van der Waals surface area contributed by atoms with Gasteiger partial charge in [0.2, 0.25) is 0 Å². The topological polar surface area (TPSA) is 9.23 Å². The summed E-state index contributed by atoms with van der Waals surface area (Å²) in [6, 6.07) is 8.27. The molecule has 0 radical (unpaired) electrons. The molecule has 0 saturated heterocycles. The molecule has 0 bridgehead atoms. The van der Waals surface area contributed by atoms with Crippen LogP contribution in [0.25, 0.3) is 6.08 Å². The van der Waals surface area contributed by atoms with Crippen molar-refractivity contribution in [3.8, 4) is 0 Å². The first-order chi connectivity index (χ1) is 6.27. The van der Waals surface area contributed by atoms with Crippen molar-refractivity contribution < 1.29 is 4.74 Å². The van der Waals surface area contributed by atoms with Crippen molar-refractivity contribution in [3.05, 3.63) is 42.0 Å². The second-order valence-corrected chi connectivity index (χ2v) is 2.97. The molecular formula is C12H16O. The smallest absolute Gasteiger partial charge is 0.0796 e. The zero-order valence-electron chi connectivity index (χ0n) is 8.29. The summed E-state index contributed by atoms with van der Waals surface area (Å²) in [6.45, 7) is 8.54. The maximum Gasteiger partial charge on any atom is 0.0796 e. The Bertz CT molecular complexity index is 261. The summed E-state index contributed by atoms with van der Waals surface area (Å²) in [7, 11) is 0. The van der Waals surface area contributed by atoms with E-state index in [9.17, 15) is 0 Å². The van der Waals surface area contributed by atoms with E-state index in [4.69, 9.17) is 4.74 Å². The van der Waals surface area contributed by atoms with Gasteiger partial charge < -0.3 is 4.74 Å². The Kier molecular flexibility index (Phi) is 3.71. The maximum atomic E-state index is 5.48. The zero-order chi connectivity index (χ0) is 9.68. The summed E-state index contributed by atoms with van der Waals surface area (Å²) in [5, 5.41) is 0. The van der Waals surface area contributed by atoms with Crippen LogP contribution in [0.1, 0.15) is 31.1 Å². The Morgan fingerprint density at radius 3 is 2.46 bits per heavy atom. The monoisotopic (exact) mass is 176 g/mol. The Balaban J connectivity index is 2.73. The highest BCUT2D eigenvalue weighted by Gasteiger charge is 2.02. The van der Waals surface area contributed by atoms with Gasteiger partial charge in [0.05, 0.1) is 6.10 Å². The minimum atomic E-state index is 0.184. The summed E-state index contributed by atoms with van der Waals surface area (Å²) in [5.74, 6) is 0. The van der Waals surface area contributed by atoms with Crippen LogP contribution in [-0.2, 0) is 4.74 Å². The molecule has 0 aliphatic carbocycles. The largest absolute Gasteiger partial charge is 0.374 e. The van der Waals surface area contributed by atoms with Crippen LogP contribution < -0.4 is 0 Å². The first-order valence-corrected chi connectivity index (χ1v) is 4.62. The van der Waals surface area contributed by atoms with Crippen LogP contribution >= 0.6 is 0 Å². The van der Waals surface area contributed by atoms with Crippen LogP contribution in [-0.4, -0.2) is 6.61 Å². The van der Waals surface area contributed by atoms with E-state index in [2.05, 4.69) is 37.8 Å². The molecule has 0 amide bonds. The van der Waals surface area contributed by atoms with Crippen LogP contribution in [0.4, 0.5) is 0 Å². The van der Waals surface area contributed by atoms with Crippen LogP contribution in [0.3, 0.4) is 0 Å². The first-order valence-electron chi connectivity index (χ1n) is 4.62. The lowest BCUT2D eigenvalue weighted by Gasteiger charge is -2.11. The second kappa shape index (κ2) is 4.83. The summed E-state index contributed by atoms with van der Waals surface area (Å²) in [6.07, 6.45) is 2.03. The third-order valence-electron chi connectivity index (χ3n) is 2.06. The summed E-state index contributed by atoms with van der Waals surface area (Å²) in [4.78, 5) is 0. The molecule has 70 valence electrons. The van der Waals surface area contributed by atoms with Crippen molar-refractivity contribution in [2.45, 2.75) is 20.0 Å². The van der Waals surface area contributed by atoms with Crippen molar-refractivity contribution in [1.82, 2.24) is 0 Å². The predicted molar refractivity (Wildman–Crippen MR) is 56.6 cm³/mol. The van der Waals surface area contributed by atoms with Gasteiger partial charge in [-0.3, -0.25) is 0 Å². The molecule has 1 rings (SSSR count). The highest BCUT2D eigenvalue weighted by atomic mass is 16.5. The number of hydrogen-bond acceptors (Lipinski definition) is 1. The Morgan fingerprint density at radius 1 is 1.38 bits per heavy atom. The summed E-state index contributed by atoms with van der Waals surface area (Å²) >= 11 is 0. The molecule has 13 heavy (non-hydrogen) atoms. The molecule has 0 spiro atoms. The van der Waals surface area contributed by atoms with Crippen molar-refractivity contribution in [3.63, 3.8) is 0 Å². The van der Waals surface area contributed by atoms with E-state index in [0.717, 1.165) is 12.2 Å². The summed E-state index contributed by atoms with van der Waals surface area (Å²) < 4.78 is 5.48. The minimum Gasteiger partial charge on any atom is -0.374 e. The van der Waals surface area contributed by atoms with Gasteiger partial charge in [0.25, 0.3) is 0 Å². The Hall–Kier alpha value is -1.08. The van der Waals surface area contributed by atoms with Gasteiger partial charge >= 0.3 is 0 Å². The Labute approximate surface area is 80.0 Å². The summed E-state index contributed by atoms with van der Waals surface area (Å²) in [5.41, 5.74) is 2.36.